The van der Waals surface area contributed by atoms with Crippen molar-refractivity contribution in [3.8, 4) is 0 Å². The molecule has 1 aromatic carbocycles. The number of nitrogens with one attached hydrogen (secondary N) is 1. The van der Waals surface area contributed by atoms with Crippen LogP contribution in [0.2, 0.25) is 0 Å². The van der Waals surface area contributed by atoms with Crippen LogP contribution < -0.4 is 5.32 Å². The predicted molar refractivity (Wildman–Crippen MR) is 82.4 cm³/mol. The standard InChI is InChI=1S/C18H27NO/c1-12-15-14(20)11-17(4,18(12,15)5)19-16(2,3)13-9-7-6-8-10-13/h6-10,12,14-15,19-20H,11H2,1-5H3/t12-,14-,15+,17-,18+/m0/s1. The first kappa shape index (κ1) is 14.1. The molecule has 0 heterocycles. The largest absolute Gasteiger partial charge is 0.393 e. The number of benzene rings is 1. The molecule has 2 nitrogen and oxygen atoms in total. The fourth-order valence-corrected chi connectivity index (χ4v) is 4.94. The number of hydrogen-bond donors (Lipinski definition) is 2. The van der Waals surface area contributed by atoms with E-state index in [1.807, 2.05) is 0 Å². The fraction of sp³-hybridized carbons (Fsp3) is 0.667. The van der Waals surface area contributed by atoms with Gasteiger partial charge >= 0.3 is 0 Å². The van der Waals surface area contributed by atoms with Crippen LogP contribution in [-0.4, -0.2) is 16.7 Å². The Balaban J connectivity index is 1.88. The van der Waals surface area contributed by atoms with Crippen molar-refractivity contribution in [2.24, 2.45) is 17.3 Å². The van der Waals surface area contributed by atoms with Gasteiger partial charge in [-0.1, -0.05) is 44.2 Å². The minimum absolute atomic E-state index is 0.00413. The lowest BCUT2D eigenvalue weighted by atomic mass is 9.79. The quantitative estimate of drug-likeness (QED) is 0.885. The zero-order chi connectivity index (χ0) is 14.8. The maximum atomic E-state index is 10.3. The molecular formula is C18H27NO. The normalized spacial score (nSPS) is 43.4. The average molecular weight is 273 g/mol. The smallest absolute Gasteiger partial charge is 0.0594 e. The monoisotopic (exact) mass is 273 g/mol. The molecule has 2 aliphatic rings. The molecule has 0 bridgehead atoms. The van der Waals surface area contributed by atoms with Gasteiger partial charge in [0, 0.05) is 11.1 Å². The summed E-state index contributed by atoms with van der Waals surface area (Å²) in [5, 5.41) is 14.2. The van der Waals surface area contributed by atoms with E-state index in [2.05, 4.69) is 70.3 Å². The summed E-state index contributed by atoms with van der Waals surface area (Å²) in [6, 6.07) is 10.6. The lowest BCUT2D eigenvalue weighted by Crippen LogP contribution is -2.56. The highest BCUT2D eigenvalue weighted by Gasteiger charge is 2.74. The summed E-state index contributed by atoms with van der Waals surface area (Å²) in [6.07, 6.45) is 0.702. The number of hydrogen-bond acceptors (Lipinski definition) is 2. The third-order valence-corrected chi connectivity index (χ3v) is 6.37. The number of fused-ring (bicyclic) bond motifs is 1. The number of rotatable bonds is 3. The lowest BCUT2D eigenvalue weighted by molar-refractivity contribution is 0.110. The van der Waals surface area contributed by atoms with Gasteiger partial charge in [-0.15, -0.1) is 0 Å². The molecule has 0 saturated heterocycles. The molecule has 3 rings (SSSR count). The molecule has 0 radical (unpaired) electrons. The number of aliphatic hydroxyl groups is 1. The van der Waals surface area contributed by atoms with E-state index < -0.39 is 0 Å². The fourth-order valence-electron chi connectivity index (χ4n) is 4.94. The highest BCUT2D eigenvalue weighted by Crippen LogP contribution is 2.72. The Morgan fingerprint density at radius 2 is 1.80 bits per heavy atom. The van der Waals surface area contributed by atoms with Crippen molar-refractivity contribution in [1.29, 1.82) is 0 Å². The Morgan fingerprint density at radius 1 is 1.20 bits per heavy atom. The van der Waals surface area contributed by atoms with Crippen LogP contribution >= 0.6 is 0 Å². The van der Waals surface area contributed by atoms with Crippen molar-refractivity contribution in [3.05, 3.63) is 35.9 Å². The van der Waals surface area contributed by atoms with Gasteiger partial charge in [-0.05, 0) is 50.0 Å². The highest BCUT2D eigenvalue weighted by atomic mass is 16.3. The Morgan fingerprint density at radius 3 is 2.30 bits per heavy atom. The molecule has 0 aromatic heterocycles. The summed E-state index contributed by atoms with van der Waals surface area (Å²) in [5.74, 6) is 1.07. The van der Waals surface area contributed by atoms with Crippen molar-refractivity contribution < 1.29 is 5.11 Å². The second-order valence-corrected chi connectivity index (χ2v) is 7.82. The van der Waals surface area contributed by atoms with Crippen molar-refractivity contribution in [1.82, 2.24) is 5.32 Å². The Bertz CT molecular complexity index is 507. The highest BCUT2D eigenvalue weighted by molar-refractivity contribution is 5.29. The van der Waals surface area contributed by atoms with E-state index in [9.17, 15) is 5.11 Å². The second-order valence-electron chi connectivity index (χ2n) is 7.82. The molecule has 0 amide bonds. The lowest BCUT2D eigenvalue weighted by Gasteiger charge is -2.43. The van der Waals surface area contributed by atoms with Crippen molar-refractivity contribution in [2.75, 3.05) is 0 Å². The molecule has 0 spiro atoms. The van der Waals surface area contributed by atoms with Gasteiger partial charge in [-0.3, -0.25) is 0 Å². The van der Waals surface area contributed by atoms with Crippen molar-refractivity contribution in [2.45, 2.75) is 58.2 Å². The average Bonchev–Trinajstić information content (AvgIpc) is 2.86. The van der Waals surface area contributed by atoms with Gasteiger partial charge in [0.15, 0.2) is 0 Å². The molecule has 2 aliphatic carbocycles. The Hall–Kier alpha value is -0.860. The van der Waals surface area contributed by atoms with Crippen LogP contribution in [0.1, 0.15) is 46.6 Å². The molecule has 1 aromatic rings. The minimum atomic E-state index is -0.154. The van der Waals surface area contributed by atoms with Gasteiger partial charge in [-0.25, -0.2) is 0 Å². The van der Waals surface area contributed by atoms with E-state index in [1.54, 1.807) is 0 Å². The van der Waals surface area contributed by atoms with Crippen molar-refractivity contribution in [3.63, 3.8) is 0 Å². The summed E-state index contributed by atoms with van der Waals surface area (Å²) in [6.45, 7) is 11.4. The topological polar surface area (TPSA) is 32.3 Å². The van der Waals surface area contributed by atoms with Crippen LogP contribution in [0.3, 0.4) is 0 Å². The first-order chi connectivity index (χ1) is 9.22. The molecule has 2 fully saturated rings. The van der Waals surface area contributed by atoms with Gasteiger partial charge in [0.2, 0.25) is 0 Å². The SMILES string of the molecule is C[C@H]1[C@@H]2[C@@H](O)C[C@](C)(NC(C)(C)c3ccccc3)[C@@]21C. The van der Waals surface area contributed by atoms with E-state index >= 15 is 0 Å². The van der Waals surface area contributed by atoms with E-state index in [0.29, 0.717) is 11.8 Å². The summed E-state index contributed by atoms with van der Waals surface area (Å²) < 4.78 is 0. The van der Waals surface area contributed by atoms with E-state index in [4.69, 9.17) is 0 Å². The predicted octanol–water partition coefficient (Wildman–Crippen LogP) is 3.31. The summed E-state index contributed by atoms with van der Waals surface area (Å²) in [4.78, 5) is 0. The van der Waals surface area contributed by atoms with Crippen molar-refractivity contribution >= 4 is 0 Å². The van der Waals surface area contributed by atoms with Gasteiger partial charge in [0.1, 0.15) is 0 Å². The second kappa shape index (κ2) is 4.08. The molecule has 2 saturated carbocycles. The van der Waals surface area contributed by atoms with Crippen LogP contribution in [0, 0.1) is 17.3 Å². The molecule has 5 atom stereocenters. The van der Waals surface area contributed by atoms with Gasteiger partial charge in [0.05, 0.1) is 6.10 Å². The molecule has 0 unspecified atom stereocenters. The van der Waals surface area contributed by atoms with E-state index in [1.165, 1.54) is 5.56 Å². The molecule has 110 valence electrons. The van der Waals surface area contributed by atoms with Gasteiger partial charge in [0.25, 0.3) is 0 Å². The van der Waals surface area contributed by atoms with E-state index in [-0.39, 0.29) is 22.6 Å². The molecule has 2 N–H and O–H groups in total. The summed E-state index contributed by atoms with van der Waals surface area (Å²) in [5.41, 5.74) is 1.43. The maximum absolute atomic E-state index is 10.3. The van der Waals surface area contributed by atoms with Crippen LogP contribution in [0.5, 0.6) is 0 Å². The van der Waals surface area contributed by atoms with Crippen LogP contribution in [0.4, 0.5) is 0 Å². The first-order valence-corrected chi connectivity index (χ1v) is 7.75. The van der Waals surface area contributed by atoms with E-state index in [0.717, 1.165) is 6.42 Å². The molecular weight excluding hydrogens is 246 g/mol. The van der Waals surface area contributed by atoms with Crippen LogP contribution in [0.15, 0.2) is 30.3 Å². The third kappa shape index (κ3) is 1.71. The summed E-state index contributed by atoms with van der Waals surface area (Å²) in [7, 11) is 0. The molecule has 20 heavy (non-hydrogen) atoms. The van der Waals surface area contributed by atoms with Crippen LogP contribution in [0.25, 0.3) is 0 Å². The third-order valence-electron chi connectivity index (χ3n) is 6.37. The summed E-state index contributed by atoms with van der Waals surface area (Å²) >= 11 is 0. The van der Waals surface area contributed by atoms with Crippen LogP contribution in [-0.2, 0) is 5.54 Å². The number of aliphatic hydroxyl groups excluding tert-OH is 1. The zero-order valence-corrected chi connectivity index (χ0v) is 13.3. The molecule has 2 heteroatoms. The van der Waals surface area contributed by atoms with Gasteiger partial charge < -0.3 is 10.4 Å². The first-order valence-electron chi connectivity index (χ1n) is 7.75. The maximum Gasteiger partial charge on any atom is 0.0594 e. The molecule has 0 aliphatic heterocycles. The van der Waals surface area contributed by atoms with Gasteiger partial charge in [-0.2, -0.15) is 0 Å². The zero-order valence-electron chi connectivity index (χ0n) is 13.3. The Labute approximate surface area is 122 Å². The Kier molecular flexibility index (Phi) is 2.88. The minimum Gasteiger partial charge on any atom is -0.393 e.